The number of nitrogens with two attached hydrogens (primary N) is 1. The summed E-state index contributed by atoms with van der Waals surface area (Å²) >= 11 is 1.34. The third-order valence-electron chi connectivity index (χ3n) is 3.16. The fourth-order valence-corrected chi connectivity index (χ4v) is 2.77. The zero-order chi connectivity index (χ0) is 14.5. The molecule has 0 saturated carbocycles. The molecule has 0 aromatic carbocycles. The smallest absolute Gasteiger partial charge is 0.248 e. The van der Waals surface area contributed by atoms with Crippen molar-refractivity contribution in [2.75, 3.05) is 25.6 Å². The minimum atomic E-state index is -0.728. The van der Waals surface area contributed by atoms with Gasteiger partial charge in [-0.1, -0.05) is 0 Å². The van der Waals surface area contributed by atoms with Crippen LogP contribution in [0.25, 0.3) is 0 Å². The van der Waals surface area contributed by atoms with Crippen LogP contribution >= 0.6 is 11.3 Å². The van der Waals surface area contributed by atoms with Gasteiger partial charge in [0.1, 0.15) is 12.1 Å². The van der Waals surface area contributed by atoms with Crippen LogP contribution in [0.1, 0.15) is 12.8 Å². The van der Waals surface area contributed by atoms with Crippen LogP contribution < -0.4 is 11.1 Å². The van der Waals surface area contributed by atoms with E-state index in [4.69, 9.17) is 10.5 Å². The van der Waals surface area contributed by atoms with Gasteiger partial charge in [-0.25, -0.2) is 4.98 Å². The summed E-state index contributed by atoms with van der Waals surface area (Å²) in [4.78, 5) is 29.9. The highest BCUT2D eigenvalue weighted by atomic mass is 32.1. The number of likely N-dealkylation sites (tertiary alicyclic amines) is 1. The van der Waals surface area contributed by atoms with Gasteiger partial charge in [-0.2, -0.15) is 0 Å². The monoisotopic (exact) mass is 298 g/mol. The molecule has 2 atom stereocenters. The van der Waals surface area contributed by atoms with Gasteiger partial charge in [0.2, 0.25) is 11.8 Å². The minimum Gasteiger partial charge on any atom is -0.383 e. The van der Waals surface area contributed by atoms with Gasteiger partial charge in [-0.3, -0.25) is 9.59 Å². The van der Waals surface area contributed by atoms with Crippen LogP contribution in [-0.2, 0) is 14.3 Å². The molecule has 1 aromatic rings. The van der Waals surface area contributed by atoms with E-state index in [0.717, 1.165) is 6.42 Å². The number of methoxy groups -OCH3 is 1. The van der Waals surface area contributed by atoms with E-state index >= 15 is 0 Å². The van der Waals surface area contributed by atoms with Crippen molar-refractivity contribution >= 4 is 28.3 Å². The second-order valence-corrected chi connectivity index (χ2v) is 5.47. The number of ether oxygens (including phenoxy) is 1. The number of carbonyl (C=O) groups is 2. The second-order valence-electron chi connectivity index (χ2n) is 4.58. The fourth-order valence-electron chi connectivity index (χ4n) is 2.24. The first kappa shape index (κ1) is 14.9. The quantitative estimate of drug-likeness (QED) is 0.800. The lowest BCUT2D eigenvalue weighted by Gasteiger charge is -2.26. The van der Waals surface area contributed by atoms with Gasteiger partial charge in [0, 0.05) is 25.2 Å². The van der Waals surface area contributed by atoms with E-state index in [1.807, 2.05) is 0 Å². The lowest BCUT2D eigenvalue weighted by Crippen LogP contribution is -2.51. The summed E-state index contributed by atoms with van der Waals surface area (Å²) in [7, 11) is 1.49. The summed E-state index contributed by atoms with van der Waals surface area (Å²) in [5.74, 6) is -0.459. The van der Waals surface area contributed by atoms with Gasteiger partial charge < -0.3 is 20.7 Å². The number of amides is 2. The van der Waals surface area contributed by atoms with Gasteiger partial charge in [-0.05, 0) is 12.8 Å². The summed E-state index contributed by atoms with van der Waals surface area (Å²) in [6, 6.07) is -1.21. The number of hydrogen-bond donors (Lipinski definition) is 2. The largest absolute Gasteiger partial charge is 0.383 e. The number of thiazole rings is 1. The maximum Gasteiger partial charge on any atom is 0.248 e. The Morgan fingerprint density at radius 1 is 1.70 bits per heavy atom. The Balaban J connectivity index is 1.99. The normalized spacial score (nSPS) is 19.9. The molecule has 3 N–H and O–H groups in total. The van der Waals surface area contributed by atoms with Crippen molar-refractivity contribution in [3.8, 4) is 0 Å². The zero-order valence-electron chi connectivity index (χ0n) is 11.2. The fraction of sp³-hybridized carbons (Fsp3) is 0.583. The Kier molecular flexibility index (Phi) is 5.05. The molecular weight excluding hydrogens is 280 g/mol. The highest BCUT2D eigenvalue weighted by Gasteiger charge is 2.36. The molecular formula is C12H18N4O3S. The van der Waals surface area contributed by atoms with Gasteiger partial charge in [0.25, 0.3) is 0 Å². The van der Waals surface area contributed by atoms with E-state index < -0.39 is 12.1 Å². The summed E-state index contributed by atoms with van der Waals surface area (Å²) in [6.45, 7) is 0.697. The molecule has 1 fully saturated rings. The summed E-state index contributed by atoms with van der Waals surface area (Å²) in [5, 5.41) is 5.04. The van der Waals surface area contributed by atoms with Crippen LogP contribution in [0.4, 0.5) is 5.13 Å². The third-order valence-corrected chi connectivity index (χ3v) is 3.85. The summed E-state index contributed by atoms with van der Waals surface area (Å²) in [6.07, 6.45) is 3.05. The van der Waals surface area contributed by atoms with Crippen LogP contribution in [0, 0.1) is 0 Å². The standard InChI is InChI=1S/C12H18N4O3S/c1-19-7-8(13)11(18)16-5-2-3-9(16)10(17)15-12-14-4-6-20-12/h4,6,8-9H,2-3,5,7,13H2,1H3,(H,14,15,17). The maximum atomic E-state index is 12.2. The SMILES string of the molecule is COCC(N)C(=O)N1CCCC1C(=O)Nc1nccs1. The number of nitrogens with zero attached hydrogens (tertiary/aromatic N) is 2. The molecule has 2 rings (SSSR count). The van der Waals surface area contributed by atoms with Crippen molar-refractivity contribution < 1.29 is 14.3 Å². The number of anilines is 1. The van der Waals surface area contributed by atoms with E-state index in [2.05, 4.69) is 10.3 Å². The lowest BCUT2D eigenvalue weighted by atomic mass is 10.2. The van der Waals surface area contributed by atoms with Crippen molar-refractivity contribution in [3.63, 3.8) is 0 Å². The van der Waals surface area contributed by atoms with Crippen molar-refractivity contribution in [1.82, 2.24) is 9.88 Å². The molecule has 1 saturated heterocycles. The molecule has 0 spiro atoms. The Labute approximate surface area is 121 Å². The van der Waals surface area contributed by atoms with E-state index in [1.165, 1.54) is 23.3 Å². The van der Waals surface area contributed by atoms with Crippen LogP contribution in [0.3, 0.4) is 0 Å². The first-order chi connectivity index (χ1) is 9.63. The molecule has 110 valence electrons. The molecule has 8 heteroatoms. The van der Waals surface area contributed by atoms with Gasteiger partial charge in [0.05, 0.1) is 6.61 Å². The molecule has 1 aliphatic heterocycles. The Bertz CT molecular complexity index is 465. The average Bonchev–Trinajstić information content (AvgIpc) is 3.08. The molecule has 1 aliphatic rings. The van der Waals surface area contributed by atoms with Gasteiger partial charge in [-0.15, -0.1) is 11.3 Å². The molecule has 0 bridgehead atoms. The molecule has 7 nitrogen and oxygen atoms in total. The Morgan fingerprint density at radius 2 is 2.50 bits per heavy atom. The topological polar surface area (TPSA) is 97.5 Å². The molecule has 0 radical (unpaired) electrons. The van der Waals surface area contributed by atoms with E-state index in [-0.39, 0.29) is 18.4 Å². The molecule has 1 aromatic heterocycles. The van der Waals surface area contributed by atoms with Gasteiger partial charge in [0.15, 0.2) is 5.13 Å². The number of nitrogens with one attached hydrogen (secondary N) is 1. The van der Waals surface area contributed by atoms with E-state index in [0.29, 0.717) is 18.1 Å². The van der Waals surface area contributed by atoms with E-state index in [9.17, 15) is 9.59 Å². The minimum absolute atomic E-state index is 0.149. The number of carbonyl (C=O) groups excluding carboxylic acids is 2. The van der Waals surface area contributed by atoms with Crippen LogP contribution in [0.15, 0.2) is 11.6 Å². The van der Waals surface area contributed by atoms with Crippen molar-refractivity contribution in [2.45, 2.75) is 24.9 Å². The highest BCUT2D eigenvalue weighted by Crippen LogP contribution is 2.20. The molecule has 20 heavy (non-hydrogen) atoms. The Morgan fingerprint density at radius 3 is 3.15 bits per heavy atom. The van der Waals surface area contributed by atoms with Crippen molar-refractivity contribution in [2.24, 2.45) is 5.73 Å². The summed E-state index contributed by atoms with van der Waals surface area (Å²) in [5.41, 5.74) is 5.75. The predicted molar refractivity (Wildman–Crippen MR) is 75.3 cm³/mol. The zero-order valence-corrected chi connectivity index (χ0v) is 12.1. The third kappa shape index (κ3) is 3.33. The first-order valence-electron chi connectivity index (χ1n) is 6.39. The Hall–Kier alpha value is -1.51. The van der Waals surface area contributed by atoms with Gasteiger partial charge >= 0.3 is 0 Å². The van der Waals surface area contributed by atoms with Crippen molar-refractivity contribution in [1.29, 1.82) is 0 Å². The predicted octanol–water partition coefficient (Wildman–Crippen LogP) is 0.0463. The lowest BCUT2D eigenvalue weighted by molar-refractivity contribution is -0.138. The van der Waals surface area contributed by atoms with Crippen LogP contribution in [0.5, 0.6) is 0 Å². The summed E-state index contributed by atoms with van der Waals surface area (Å²) < 4.78 is 4.88. The molecule has 2 heterocycles. The molecule has 2 unspecified atom stereocenters. The molecule has 2 amide bonds. The van der Waals surface area contributed by atoms with Crippen LogP contribution in [-0.4, -0.2) is 54.0 Å². The van der Waals surface area contributed by atoms with Crippen LogP contribution in [0.2, 0.25) is 0 Å². The maximum absolute atomic E-state index is 12.2. The van der Waals surface area contributed by atoms with Crippen molar-refractivity contribution in [3.05, 3.63) is 11.6 Å². The number of aromatic nitrogens is 1. The van der Waals surface area contributed by atoms with E-state index in [1.54, 1.807) is 11.6 Å². The highest BCUT2D eigenvalue weighted by molar-refractivity contribution is 7.13. The average molecular weight is 298 g/mol. The first-order valence-corrected chi connectivity index (χ1v) is 7.27. The number of hydrogen-bond acceptors (Lipinski definition) is 6. The number of rotatable bonds is 5. The second kappa shape index (κ2) is 6.78. The molecule has 0 aliphatic carbocycles.